The van der Waals surface area contributed by atoms with Crippen molar-refractivity contribution in [2.45, 2.75) is 25.6 Å². The quantitative estimate of drug-likeness (QED) is 0.443. The molecule has 0 aromatic carbocycles. The van der Waals surface area contributed by atoms with Crippen LogP contribution >= 0.6 is 0 Å². The van der Waals surface area contributed by atoms with Gasteiger partial charge in [0, 0.05) is 6.54 Å². The van der Waals surface area contributed by atoms with E-state index in [1.54, 1.807) is 0 Å². The van der Waals surface area contributed by atoms with Gasteiger partial charge in [-0.15, -0.1) is 0 Å². The summed E-state index contributed by atoms with van der Waals surface area (Å²) >= 11 is 0. The van der Waals surface area contributed by atoms with Crippen molar-refractivity contribution in [1.82, 2.24) is 5.32 Å². The molecule has 3 N–H and O–H groups in total. The smallest absolute Gasteiger partial charge is 0.451 e. The summed E-state index contributed by atoms with van der Waals surface area (Å²) in [5.74, 6) is 0.0452. The van der Waals surface area contributed by atoms with Crippen LogP contribution in [0.15, 0.2) is 0 Å². The van der Waals surface area contributed by atoms with E-state index in [1.165, 1.54) is 7.11 Å². The third kappa shape index (κ3) is 4.12. The minimum atomic E-state index is -1.24. The number of piperidine rings is 1. The van der Waals surface area contributed by atoms with E-state index in [9.17, 15) is 4.79 Å². The van der Waals surface area contributed by atoms with Gasteiger partial charge in [0.1, 0.15) is 0 Å². The van der Waals surface area contributed by atoms with Crippen molar-refractivity contribution in [2.75, 3.05) is 20.2 Å². The van der Waals surface area contributed by atoms with Crippen LogP contribution < -0.4 is 5.32 Å². The lowest BCUT2D eigenvalue weighted by molar-refractivity contribution is -0.148. The molecule has 1 fully saturated rings. The summed E-state index contributed by atoms with van der Waals surface area (Å²) in [6.45, 7) is 1.58. The Bertz CT molecular complexity index is 225. The summed E-state index contributed by atoms with van der Waals surface area (Å²) in [6, 6.07) is 0. The number of ether oxygens (including phenoxy) is 1. The van der Waals surface area contributed by atoms with Crippen LogP contribution in [0.3, 0.4) is 0 Å². The predicted octanol–water partition coefficient (Wildman–Crippen LogP) is -0.362. The van der Waals surface area contributed by atoms with Gasteiger partial charge in [-0.3, -0.25) is 4.79 Å². The Morgan fingerprint density at radius 1 is 1.56 bits per heavy atom. The minimum absolute atomic E-state index is 0.0883. The fraction of sp³-hybridized carbons (Fsp3) is 0.900. The van der Waals surface area contributed by atoms with E-state index >= 15 is 0 Å². The minimum Gasteiger partial charge on any atom is -0.469 e. The number of rotatable bonds is 5. The fourth-order valence-electron chi connectivity index (χ4n) is 2.25. The summed E-state index contributed by atoms with van der Waals surface area (Å²) in [5.41, 5.74) is 0. The number of esters is 1. The number of nitrogens with one attached hydrogen (secondary N) is 1. The first-order chi connectivity index (χ1) is 7.65. The SMILES string of the molecule is COC(=O)C1CNCCC1CCCB(O)O. The molecule has 0 saturated carbocycles. The molecule has 6 heteroatoms. The van der Waals surface area contributed by atoms with Crippen molar-refractivity contribution in [3.05, 3.63) is 0 Å². The van der Waals surface area contributed by atoms with Crippen molar-refractivity contribution in [2.24, 2.45) is 11.8 Å². The predicted molar refractivity (Wildman–Crippen MR) is 60.7 cm³/mol. The molecule has 1 rings (SSSR count). The topological polar surface area (TPSA) is 78.8 Å². The molecule has 1 heterocycles. The maximum atomic E-state index is 11.5. The van der Waals surface area contributed by atoms with Crippen LogP contribution in [0.2, 0.25) is 6.32 Å². The highest BCUT2D eigenvalue weighted by Crippen LogP contribution is 2.25. The molecule has 16 heavy (non-hydrogen) atoms. The lowest BCUT2D eigenvalue weighted by atomic mass is 9.78. The third-order valence-corrected chi connectivity index (χ3v) is 3.17. The molecule has 0 amide bonds. The molecule has 0 radical (unpaired) electrons. The fourth-order valence-corrected chi connectivity index (χ4v) is 2.25. The Balaban J connectivity index is 2.38. The highest BCUT2D eigenvalue weighted by Gasteiger charge is 2.31. The van der Waals surface area contributed by atoms with Gasteiger partial charge >= 0.3 is 13.1 Å². The Labute approximate surface area is 96.3 Å². The number of carbonyl (C=O) groups excluding carboxylic acids is 1. The molecule has 0 bridgehead atoms. The second-order valence-electron chi connectivity index (χ2n) is 4.29. The molecule has 0 aromatic rings. The van der Waals surface area contributed by atoms with Crippen LogP contribution in [-0.4, -0.2) is 43.3 Å². The van der Waals surface area contributed by atoms with Crippen molar-refractivity contribution in [3.63, 3.8) is 0 Å². The van der Waals surface area contributed by atoms with Crippen molar-refractivity contribution in [1.29, 1.82) is 0 Å². The molecule has 1 aliphatic rings. The first-order valence-electron chi connectivity index (χ1n) is 5.80. The first-order valence-corrected chi connectivity index (χ1v) is 5.80. The Morgan fingerprint density at radius 2 is 2.31 bits per heavy atom. The van der Waals surface area contributed by atoms with E-state index in [0.717, 1.165) is 25.8 Å². The van der Waals surface area contributed by atoms with Crippen LogP contribution in [0, 0.1) is 11.8 Å². The molecule has 0 aromatic heterocycles. The molecular weight excluding hydrogens is 209 g/mol. The van der Waals surface area contributed by atoms with E-state index in [2.05, 4.69) is 5.32 Å². The molecule has 2 atom stereocenters. The van der Waals surface area contributed by atoms with Gasteiger partial charge in [0.05, 0.1) is 13.0 Å². The Hall–Kier alpha value is -0.585. The van der Waals surface area contributed by atoms with Crippen molar-refractivity contribution >= 4 is 13.1 Å². The van der Waals surface area contributed by atoms with E-state index in [4.69, 9.17) is 14.8 Å². The van der Waals surface area contributed by atoms with Crippen molar-refractivity contribution in [3.8, 4) is 0 Å². The molecular formula is C10H20BNO4. The zero-order valence-corrected chi connectivity index (χ0v) is 9.69. The number of hydrogen-bond donors (Lipinski definition) is 3. The maximum absolute atomic E-state index is 11.5. The average molecular weight is 229 g/mol. The zero-order valence-electron chi connectivity index (χ0n) is 9.69. The van der Waals surface area contributed by atoms with Gasteiger partial charge in [-0.1, -0.05) is 6.42 Å². The average Bonchev–Trinajstić information content (AvgIpc) is 2.28. The molecule has 5 nitrogen and oxygen atoms in total. The zero-order chi connectivity index (χ0) is 12.0. The molecule has 2 unspecified atom stereocenters. The van der Waals surface area contributed by atoms with Gasteiger partial charge in [0.2, 0.25) is 0 Å². The summed E-state index contributed by atoms with van der Waals surface area (Å²) < 4.78 is 4.77. The monoisotopic (exact) mass is 229 g/mol. The van der Waals surface area contributed by atoms with Crippen molar-refractivity contribution < 1.29 is 19.6 Å². The lowest BCUT2D eigenvalue weighted by Crippen LogP contribution is -2.41. The summed E-state index contributed by atoms with van der Waals surface area (Å²) in [5, 5.41) is 20.7. The second-order valence-corrected chi connectivity index (χ2v) is 4.29. The van der Waals surface area contributed by atoms with E-state index in [0.29, 0.717) is 18.8 Å². The molecule has 0 spiro atoms. The molecule has 0 aliphatic carbocycles. The van der Waals surface area contributed by atoms with Gasteiger partial charge in [0.25, 0.3) is 0 Å². The summed E-state index contributed by atoms with van der Waals surface area (Å²) in [6.07, 6.45) is 2.90. The van der Waals surface area contributed by atoms with Crippen LogP contribution in [0.25, 0.3) is 0 Å². The van der Waals surface area contributed by atoms with E-state index < -0.39 is 7.12 Å². The number of methoxy groups -OCH3 is 1. The third-order valence-electron chi connectivity index (χ3n) is 3.17. The van der Waals surface area contributed by atoms with E-state index in [1.807, 2.05) is 0 Å². The highest BCUT2D eigenvalue weighted by atomic mass is 16.5. The van der Waals surface area contributed by atoms with E-state index in [-0.39, 0.29) is 11.9 Å². The summed E-state index contributed by atoms with van der Waals surface area (Å²) in [7, 11) is 0.171. The molecule has 1 aliphatic heterocycles. The normalized spacial score (nSPS) is 25.2. The molecule has 1 saturated heterocycles. The van der Waals surface area contributed by atoms with Crippen LogP contribution in [-0.2, 0) is 9.53 Å². The van der Waals surface area contributed by atoms with Gasteiger partial charge in [-0.25, -0.2) is 0 Å². The van der Waals surface area contributed by atoms with Crippen LogP contribution in [0.1, 0.15) is 19.3 Å². The maximum Gasteiger partial charge on any atom is 0.451 e. The standard InChI is InChI=1S/C10H20BNO4/c1-16-10(13)9-7-12-6-4-8(9)3-2-5-11(14)15/h8-9,12,14-15H,2-7H2,1H3. The second kappa shape index (κ2) is 6.88. The largest absolute Gasteiger partial charge is 0.469 e. The number of hydrogen-bond acceptors (Lipinski definition) is 5. The summed E-state index contributed by atoms with van der Waals surface area (Å²) in [4.78, 5) is 11.5. The van der Waals surface area contributed by atoms with Crippen LogP contribution in [0.4, 0.5) is 0 Å². The number of carbonyl (C=O) groups is 1. The lowest BCUT2D eigenvalue weighted by Gasteiger charge is -2.30. The Kier molecular flexibility index (Phi) is 5.80. The first kappa shape index (κ1) is 13.5. The molecule has 92 valence electrons. The van der Waals surface area contributed by atoms with Gasteiger partial charge < -0.3 is 20.1 Å². The highest BCUT2D eigenvalue weighted by molar-refractivity contribution is 6.40. The van der Waals surface area contributed by atoms with Gasteiger partial charge in [-0.2, -0.15) is 0 Å². The van der Waals surface area contributed by atoms with Crippen LogP contribution in [0.5, 0.6) is 0 Å². The van der Waals surface area contributed by atoms with Gasteiger partial charge in [0.15, 0.2) is 0 Å². The van der Waals surface area contributed by atoms with Gasteiger partial charge in [-0.05, 0) is 31.6 Å². The Morgan fingerprint density at radius 3 is 2.94 bits per heavy atom.